The maximum Gasteiger partial charge on any atom is 0.378 e. The van der Waals surface area contributed by atoms with Crippen molar-refractivity contribution < 1.29 is 29.6 Å². The third-order valence-corrected chi connectivity index (χ3v) is 4.94. The lowest BCUT2D eigenvalue weighted by molar-refractivity contribution is -0.148. The smallest absolute Gasteiger partial charge is 0.378 e. The number of carbonyl (C=O) groups is 1. The van der Waals surface area contributed by atoms with E-state index in [0.29, 0.717) is 6.61 Å². The van der Waals surface area contributed by atoms with Crippen molar-refractivity contribution in [1.29, 1.82) is 0 Å². The van der Waals surface area contributed by atoms with Gasteiger partial charge in [0, 0.05) is 0 Å². The number of carbonyl (C=O) groups excluding carboxylic acids is 1. The summed E-state index contributed by atoms with van der Waals surface area (Å²) >= 11 is 0. The van der Waals surface area contributed by atoms with Crippen molar-refractivity contribution in [2.75, 3.05) is 13.2 Å². The van der Waals surface area contributed by atoms with Gasteiger partial charge in [-0.1, -0.05) is 68.4 Å². The molecule has 0 aromatic heterocycles. The fourth-order valence-corrected chi connectivity index (χ4v) is 3.07. The third kappa shape index (κ3) is 11.9. The molecule has 0 radical (unpaired) electrons. The lowest BCUT2D eigenvalue weighted by atomic mass is 10.2. The minimum absolute atomic E-state index is 0.103. The van der Waals surface area contributed by atoms with Crippen molar-refractivity contribution in [3.05, 3.63) is 60.1 Å². The Hall–Kier alpha value is -2.31. The molecule has 0 unspecified atom stereocenters. The highest BCUT2D eigenvalue weighted by Crippen LogP contribution is 2.25. The van der Waals surface area contributed by atoms with Crippen LogP contribution in [-0.2, 0) is 14.3 Å². The summed E-state index contributed by atoms with van der Waals surface area (Å²) in [5.41, 5.74) is 0. The van der Waals surface area contributed by atoms with E-state index in [-0.39, 0.29) is 5.76 Å². The number of rotatable bonds is 18. The summed E-state index contributed by atoms with van der Waals surface area (Å²) in [4.78, 5) is 11.4. The number of allylic oxidation sites excluding steroid dienone is 8. The summed E-state index contributed by atoms with van der Waals surface area (Å²) in [7, 11) is 0. The molecule has 0 spiro atoms. The van der Waals surface area contributed by atoms with Gasteiger partial charge in [0.05, 0.1) is 13.2 Å². The van der Waals surface area contributed by atoms with Crippen LogP contribution in [0.25, 0.3) is 0 Å². The van der Waals surface area contributed by atoms with Crippen molar-refractivity contribution in [3.8, 4) is 0 Å². The van der Waals surface area contributed by atoms with Crippen LogP contribution in [0.4, 0.5) is 0 Å². The first kappa shape index (κ1) is 27.7. The molecular weight excluding hydrogens is 408 g/mol. The van der Waals surface area contributed by atoms with Crippen LogP contribution in [0.1, 0.15) is 71.1 Å². The summed E-state index contributed by atoms with van der Waals surface area (Å²) in [5.74, 6) is -1.68. The van der Waals surface area contributed by atoms with Crippen LogP contribution in [0, 0.1) is 0 Å². The zero-order chi connectivity index (χ0) is 23.4. The summed E-state index contributed by atoms with van der Waals surface area (Å²) in [6.07, 6.45) is 25.5. The first-order valence-electron chi connectivity index (χ1n) is 11.8. The summed E-state index contributed by atoms with van der Waals surface area (Å²) in [5, 5.41) is 28.3. The molecule has 3 N–H and O–H groups in total. The zero-order valence-corrected chi connectivity index (χ0v) is 19.3. The van der Waals surface area contributed by atoms with E-state index in [2.05, 4.69) is 55.5 Å². The van der Waals surface area contributed by atoms with Gasteiger partial charge >= 0.3 is 5.97 Å². The average molecular weight is 449 g/mol. The number of unbranched alkanes of at least 4 members (excludes halogenated alkanes) is 5. The van der Waals surface area contributed by atoms with E-state index in [1.165, 1.54) is 25.7 Å². The molecule has 1 heterocycles. The van der Waals surface area contributed by atoms with Gasteiger partial charge in [-0.2, -0.15) is 0 Å². The number of hydrogen-bond acceptors (Lipinski definition) is 6. The highest BCUT2D eigenvalue weighted by molar-refractivity contribution is 5.89. The Morgan fingerprint density at radius 2 is 1.44 bits per heavy atom. The van der Waals surface area contributed by atoms with Gasteiger partial charge in [0.2, 0.25) is 5.76 Å². The molecule has 1 rings (SSSR count). The van der Waals surface area contributed by atoms with Gasteiger partial charge in [-0.15, -0.1) is 0 Å². The Kier molecular flexibility index (Phi) is 15.8. The molecule has 180 valence electrons. The quantitative estimate of drug-likeness (QED) is 0.152. The average Bonchev–Trinajstić information content (AvgIpc) is 3.08. The van der Waals surface area contributed by atoms with Crippen LogP contribution in [-0.4, -0.2) is 46.7 Å². The van der Waals surface area contributed by atoms with Gasteiger partial charge in [0.15, 0.2) is 11.9 Å². The van der Waals surface area contributed by atoms with Gasteiger partial charge in [0.25, 0.3) is 0 Å². The van der Waals surface area contributed by atoms with Gasteiger partial charge in [-0.05, 0) is 51.4 Å². The maximum absolute atomic E-state index is 11.4. The van der Waals surface area contributed by atoms with Gasteiger partial charge < -0.3 is 24.8 Å². The molecule has 0 aromatic rings. The second kappa shape index (κ2) is 18.3. The molecule has 2 atom stereocenters. The van der Waals surface area contributed by atoms with E-state index >= 15 is 0 Å². The minimum atomic E-state index is -1.32. The van der Waals surface area contributed by atoms with Crippen molar-refractivity contribution in [1.82, 2.24) is 0 Å². The highest BCUT2D eigenvalue weighted by atomic mass is 16.6. The van der Waals surface area contributed by atoms with E-state index in [1.807, 2.05) is 0 Å². The Balaban J connectivity index is 2.05. The molecule has 0 saturated heterocycles. The Labute approximate surface area is 192 Å². The van der Waals surface area contributed by atoms with E-state index in [1.54, 1.807) is 0 Å². The molecule has 6 heteroatoms. The third-order valence-electron chi connectivity index (χ3n) is 4.94. The van der Waals surface area contributed by atoms with Crippen molar-refractivity contribution in [2.24, 2.45) is 0 Å². The van der Waals surface area contributed by atoms with Crippen LogP contribution < -0.4 is 0 Å². The number of hydrogen-bond donors (Lipinski definition) is 3. The molecule has 0 amide bonds. The minimum Gasteiger partial charge on any atom is -0.499 e. The number of aliphatic hydroxyl groups excluding tert-OH is 3. The van der Waals surface area contributed by atoms with E-state index in [4.69, 9.17) is 14.6 Å². The normalized spacial score (nSPS) is 18.1. The summed E-state index contributed by atoms with van der Waals surface area (Å²) < 4.78 is 10.2. The predicted molar refractivity (Wildman–Crippen MR) is 127 cm³/mol. The largest absolute Gasteiger partial charge is 0.499 e. The topological polar surface area (TPSA) is 96.2 Å². The molecule has 1 aliphatic heterocycles. The van der Waals surface area contributed by atoms with Gasteiger partial charge in [-0.3, -0.25) is 0 Å². The fourth-order valence-electron chi connectivity index (χ4n) is 3.07. The van der Waals surface area contributed by atoms with Gasteiger partial charge in [-0.25, -0.2) is 4.79 Å². The molecule has 0 aliphatic carbocycles. The van der Waals surface area contributed by atoms with E-state index < -0.39 is 30.5 Å². The van der Waals surface area contributed by atoms with Crippen LogP contribution >= 0.6 is 0 Å². The molecule has 0 bridgehead atoms. The molecule has 1 aliphatic rings. The van der Waals surface area contributed by atoms with E-state index in [9.17, 15) is 15.0 Å². The van der Waals surface area contributed by atoms with Crippen LogP contribution in [0.15, 0.2) is 60.1 Å². The van der Waals surface area contributed by atoms with Crippen molar-refractivity contribution in [2.45, 2.75) is 83.3 Å². The number of aliphatic hydroxyl groups is 3. The second-order valence-corrected chi connectivity index (χ2v) is 7.72. The van der Waals surface area contributed by atoms with Crippen molar-refractivity contribution >= 4 is 5.97 Å². The van der Waals surface area contributed by atoms with Crippen LogP contribution in [0.2, 0.25) is 0 Å². The Bertz CT molecular complexity index is 659. The Morgan fingerprint density at radius 3 is 1.97 bits per heavy atom. The molecule has 0 aromatic carbocycles. The number of cyclic esters (lactones) is 1. The SMILES string of the molecule is CCCCC/C=C\C/C=C\C/C=C\C/C=C\CCCCOC1=C(O)C(=O)O[C@@H]1[C@@H](O)CO. The predicted octanol–water partition coefficient (Wildman–Crippen LogP) is 5.20. The standard InChI is InChI=1S/C26H40O6/c1-2-3-4-5-6-7-8-9-10-11-12-13-14-15-16-17-18-19-20-31-25-23(29)26(30)32-24(25)22(28)21-27/h6-7,9-10,12-13,15-16,22,24,27-29H,2-5,8,11,14,17-21H2,1H3/b7-6-,10-9-,13-12-,16-15-/t22-,24+/m0/s1. The summed E-state index contributed by atoms with van der Waals surface area (Å²) in [6, 6.07) is 0. The number of esters is 1. The lowest BCUT2D eigenvalue weighted by Gasteiger charge is -2.18. The number of ether oxygens (including phenoxy) is 2. The fraction of sp³-hybridized carbons (Fsp3) is 0.577. The molecule has 0 fully saturated rings. The van der Waals surface area contributed by atoms with E-state index in [0.717, 1.165) is 38.5 Å². The van der Waals surface area contributed by atoms with Crippen molar-refractivity contribution in [3.63, 3.8) is 0 Å². The highest BCUT2D eigenvalue weighted by Gasteiger charge is 2.40. The first-order chi connectivity index (χ1) is 15.6. The van der Waals surface area contributed by atoms with Crippen LogP contribution in [0.3, 0.4) is 0 Å². The monoisotopic (exact) mass is 448 g/mol. The zero-order valence-electron chi connectivity index (χ0n) is 19.3. The first-order valence-corrected chi connectivity index (χ1v) is 11.8. The molecule has 32 heavy (non-hydrogen) atoms. The second-order valence-electron chi connectivity index (χ2n) is 7.72. The summed E-state index contributed by atoms with van der Waals surface area (Å²) in [6.45, 7) is 1.92. The Morgan fingerprint density at radius 1 is 0.906 bits per heavy atom. The molecule has 0 saturated carbocycles. The lowest BCUT2D eigenvalue weighted by Crippen LogP contribution is -2.32. The van der Waals surface area contributed by atoms with Crippen LogP contribution in [0.5, 0.6) is 0 Å². The molecular formula is C26H40O6. The maximum atomic E-state index is 11.4. The molecule has 6 nitrogen and oxygen atoms in total. The van der Waals surface area contributed by atoms with Gasteiger partial charge in [0.1, 0.15) is 6.10 Å².